The third-order valence-electron chi connectivity index (χ3n) is 2.62. The van der Waals surface area contributed by atoms with E-state index in [1.54, 1.807) is 18.2 Å². The molecule has 2 rings (SSSR count). The van der Waals surface area contributed by atoms with E-state index >= 15 is 0 Å². The number of hydrogen-bond donors (Lipinski definition) is 2. The van der Waals surface area contributed by atoms with E-state index < -0.39 is 0 Å². The predicted octanol–water partition coefficient (Wildman–Crippen LogP) is 3.28. The maximum absolute atomic E-state index is 9.42. The van der Waals surface area contributed by atoms with Gasteiger partial charge in [-0.3, -0.25) is 0 Å². The highest BCUT2D eigenvalue weighted by Gasteiger charge is 2.09. The number of phenolic OH excluding ortho intramolecular Hbond substituents is 1. The van der Waals surface area contributed by atoms with Gasteiger partial charge < -0.3 is 10.8 Å². The van der Waals surface area contributed by atoms with Gasteiger partial charge in [-0.2, -0.15) is 0 Å². The van der Waals surface area contributed by atoms with Crippen LogP contribution >= 0.6 is 11.6 Å². The first-order valence-corrected chi connectivity index (χ1v) is 6.46. The first-order valence-electron chi connectivity index (χ1n) is 6.08. The number of aromatic hydroxyl groups is 1. The molecule has 1 aromatic carbocycles. The van der Waals surface area contributed by atoms with Crippen molar-refractivity contribution in [1.29, 1.82) is 0 Å². The topological polar surface area (TPSA) is 72.0 Å². The summed E-state index contributed by atoms with van der Waals surface area (Å²) >= 11 is 5.89. The summed E-state index contributed by atoms with van der Waals surface area (Å²) in [6.45, 7) is 4.24. The van der Waals surface area contributed by atoms with Gasteiger partial charge in [0.05, 0.1) is 5.02 Å². The Balaban J connectivity index is 2.43. The Labute approximate surface area is 117 Å². The van der Waals surface area contributed by atoms with Crippen LogP contribution in [-0.2, 0) is 6.42 Å². The first kappa shape index (κ1) is 13.6. The van der Waals surface area contributed by atoms with Crippen LogP contribution in [-0.4, -0.2) is 15.1 Å². The van der Waals surface area contributed by atoms with Crippen molar-refractivity contribution in [3.63, 3.8) is 0 Å². The highest BCUT2D eigenvalue weighted by molar-refractivity contribution is 6.32. The highest BCUT2D eigenvalue weighted by Crippen LogP contribution is 2.28. The molecule has 100 valence electrons. The van der Waals surface area contributed by atoms with Crippen LogP contribution in [0.2, 0.25) is 5.02 Å². The molecule has 0 aliphatic carbocycles. The minimum atomic E-state index is 0.0386. The quantitative estimate of drug-likeness (QED) is 0.903. The van der Waals surface area contributed by atoms with Crippen molar-refractivity contribution >= 4 is 17.4 Å². The molecule has 0 radical (unpaired) electrons. The molecule has 2 aromatic rings. The predicted molar refractivity (Wildman–Crippen MR) is 77.1 cm³/mol. The van der Waals surface area contributed by atoms with Crippen molar-refractivity contribution in [3.8, 4) is 17.1 Å². The monoisotopic (exact) mass is 277 g/mol. The molecule has 0 fully saturated rings. The second-order valence-corrected chi connectivity index (χ2v) is 5.28. The fourth-order valence-electron chi connectivity index (χ4n) is 1.82. The van der Waals surface area contributed by atoms with E-state index in [1.165, 1.54) is 6.07 Å². The van der Waals surface area contributed by atoms with Crippen LogP contribution < -0.4 is 5.73 Å². The fraction of sp³-hybridized carbons (Fsp3) is 0.286. The van der Waals surface area contributed by atoms with Gasteiger partial charge in [-0.05, 0) is 30.5 Å². The number of nitrogen functional groups attached to an aromatic ring is 1. The Morgan fingerprint density at radius 2 is 2.00 bits per heavy atom. The minimum Gasteiger partial charge on any atom is -0.506 e. The number of aromatic nitrogens is 2. The maximum Gasteiger partial charge on any atom is 0.161 e. The Kier molecular flexibility index (Phi) is 3.90. The largest absolute Gasteiger partial charge is 0.506 e. The summed E-state index contributed by atoms with van der Waals surface area (Å²) in [6.07, 6.45) is 0.839. The van der Waals surface area contributed by atoms with Crippen molar-refractivity contribution in [1.82, 2.24) is 9.97 Å². The summed E-state index contributed by atoms with van der Waals surface area (Å²) in [7, 11) is 0. The third-order valence-corrected chi connectivity index (χ3v) is 2.93. The van der Waals surface area contributed by atoms with Crippen LogP contribution in [0.25, 0.3) is 11.4 Å². The van der Waals surface area contributed by atoms with Gasteiger partial charge in [-0.25, -0.2) is 9.97 Å². The molecule has 0 bridgehead atoms. The summed E-state index contributed by atoms with van der Waals surface area (Å²) in [6, 6.07) is 6.65. The van der Waals surface area contributed by atoms with Crippen LogP contribution in [0.4, 0.5) is 5.82 Å². The number of benzene rings is 1. The number of phenols is 1. The van der Waals surface area contributed by atoms with Gasteiger partial charge in [-0.15, -0.1) is 0 Å². The standard InChI is InChI=1S/C14H16ClN3O/c1-8(2)5-10-7-13(16)18-14(17-10)9-3-4-12(19)11(15)6-9/h3-4,6-8,19H,5H2,1-2H3,(H2,16,17,18). The highest BCUT2D eigenvalue weighted by atomic mass is 35.5. The zero-order valence-electron chi connectivity index (χ0n) is 10.9. The van der Waals surface area contributed by atoms with Crippen molar-refractivity contribution in [2.75, 3.05) is 5.73 Å². The normalized spacial score (nSPS) is 10.9. The van der Waals surface area contributed by atoms with Crippen LogP contribution in [0.5, 0.6) is 5.75 Å². The molecule has 1 aromatic heterocycles. The second kappa shape index (κ2) is 5.45. The van der Waals surface area contributed by atoms with Crippen molar-refractivity contribution < 1.29 is 5.11 Å². The summed E-state index contributed by atoms with van der Waals surface area (Å²) in [5.74, 6) is 1.49. The molecular weight excluding hydrogens is 262 g/mol. The molecule has 3 N–H and O–H groups in total. The fourth-order valence-corrected chi connectivity index (χ4v) is 2.00. The third kappa shape index (κ3) is 3.35. The van der Waals surface area contributed by atoms with Gasteiger partial charge in [0.1, 0.15) is 11.6 Å². The van der Waals surface area contributed by atoms with E-state index in [4.69, 9.17) is 17.3 Å². The average molecular weight is 278 g/mol. The lowest BCUT2D eigenvalue weighted by molar-refractivity contribution is 0.475. The lowest BCUT2D eigenvalue weighted by Gasteiger charge is -2.08. The van der Waals surface area contributed by atoms with E-state index in [0.29, 0.717) is 17.6 Å². The minimum absolute atomic E-state index is 0.0386. The lowest BCUT2D eigenvalue weighted by Crippen LogP contribution is -2.03. The molecule has 1 heterocycles. The molecule has 0 saturated carbocycles. The number of anilines is 1. The number of nitrogens with zero attached hydrogens (tertiary/aromatic N) is 2. The molecule has 0 atom stereocenters. The SMILES string of the molecule is CC(C)Cc1cc(N)nc(-c2ccc(O)c(Cl)c2)n1. The summed E-state index contributed by atoms with van der Waals surface area (Å²) in [5.41, 5.74) is 7.45. The molecule has 0 saturated heterocycles. The van der Waals surface area contributed by atoms with Crippen LogP contribution in [0.3, 0.4) is 0 Å². The summed E-state index contributed by atoms with van der Waals surface area (Å²) < 4.78 is 0. The number of rotatable bonds is 3. The average Bonchev–Trinajstić information content (AvgIpc) is 2.31. The van der Waals surface area contributed by atoms with E-state index in [1.807, 2.05) is 0 Å². The van der Waals surface area contributed by atoms with Gasteiger partial charge in [0.15, 0.2) is 5.82 Å². The van der Waals surface area contributed by atoms with Crippen molar-refractivity contribution in [3.05, 3.63) is 35.0 Å². The van der Waals surface area contributed by atoms with Crippen LogP contribution in [0, 0.1) is 5.92 Å². The van der Waals surface area contributed by atoms with E-state index in [-0.39, 0.29) is 10.8 Å². The van der Waals surface area contributed by atoms with Gasteiger partial charge in [-0.1, -0.05) is 25.4 Å². The molecule has 0 amide bonds. The van der Waals surface area contributed by atoms with E-state index in [2.05, 4.69) is 23.8 Å². The number of hydrogen-bond acceptors (Lipinski definition) is 4. The number of nitrogens with two attached hydrogens (primary N) is 1. The summed E-state index contributed by atoms with van der Waals surface area (Å²) in [4.78, 5) is 8.69. The molecule has 5 heteroatoms. The lowest BCUT2D eigenvalue weighted by atomic mass is 10.1. The van der Waals surface area contributed by atoms with Crippen molar-refractivity contribution in [2.45, 2.75) is 20.3 Å². The Morgan fingerprint density at radius 1 is 1.26 bits per heavy atom. The molecular formula is C14H16ClN3O. The molecule has 19 heavy (non-hydrogen) atoms. The Hall–Kier alpha value is -1.81. The van der Waals surface area contributed by atoms with Crippen LogP contribution in [0.1, 0.15) is 19.5 Å². The molecule has 4 nitrogen and oxygen atoms in total. The molecule has 0 aliphatic heterocycles. The smallest absolute Gasteiger partial charge is 0.161 e. The number of halogens is 1. The molecule has 0 unspecified atom stereocenters. The zero-order chi connectivity index (χ0) is 14.0. The van der Waals surface area contributed by atoms with Gasteiger partial charge in [0.2, 0.25) is 0 Å². The first-order chi connectivity index (χ1) is 8.95. The zero-order valence-corrected chi connectivity index (χ0v) is 11.6. The van der Waals surface area contributed by atoms with E-state index in [0.717, 1.165) is 17.7 Å². The summed E-state index contributed by atoms with van der Waals surface area (Å²) in [5, 5.41) is 9.69. The van der Waals surface area contributed by atoms with Gasteiger partial charge >= 0.3 is 0 Å². The second-order valence-electron chi connectivity index (χ2n) is 4.87. The van der Waals surface area contributed by atoms with Gasteiger partial charge in [0.25, 0.3) is 0 Å². The van der Waals surface area contributed by atoms with Crippen LogP contribution in [0.15, 0.2) is 24.3 Å². The Bertz CT molecular complexity index is 599. The Morgan fingerprint density at radius 3 is 2.63 bits per heavy atom. The van der Waals surface area contributed by atoms with Gasteiger partial charge in [0, 0.05) is 17.3 Å². The van der Waals surface area contributed by atoms with Crippen molar-refractivity contribution in [2.24, 2.45) is 5.92 Å². The molecule has 0 spiro atoms. The molecule has 0 aliphatic rings. The maximum atomic E-state index is 9.42. The van der Waals surface area contributed by atoms with E-state index in [9.17, 15) is 5.11 Å².